The van der Waals surface area contributed by atoms with Crippen molar-refractivity contribution in [2.75, 3.05) is 19.0 Å². The third-order valence-corrected chi connectivity index (χ3v) is 5.37. The maximum atomic E-state index is 12.2. The smallest absolute Gasteiger partial charge is 0.342 e. The highest BCUT2D eigenvalue weighted by Gasteiger charge is 2.28. The number of ether oxygens (including phenoxy) is 2. The highest BCUT2D eigenvalue weighted by molar-refractivity contribution is 7.17. The fourth-order valence-electron chi connectivity index (χ4n) is 3.02. The predicted molar refractivity (Wildman–Crippen MR) is 94.8 cm³/mol. The average molecular weight is 377 g/mol. The van der Waals surface area contributed by atoms with Gasteiger partial charge in [-0.1, -0.05) is 0 Å². The van der Waals surface area contributed by atoms with E-state index in [1.165, 1.54) is 18.4 Å². The van der Waals surface area contributed by atoms with Crippen LogP contribution in [0, 0.1) is 13.8 Å². The van der Waals surface area contributed by atoms with Crippen LogP contribution >= 0.6 is 11.3 Å². The van der Waals surface area contributed by atoms with Crippen LogP contribution in [-0.2, 0) is 27.1 Å². The van der Waals surface area contributed by atoms with Crippen LogP contribution < -0.4 is 5.32 Å². The second kappa shape index (κ2) is 7.33. The Labute approximate surface area is 154 Å². The molecule has 0 unspecified atom stereocenters. The van der Waals surface area contributed by atoms with Gasteiger partial charge in [0.1, 0.15) is 22.1 Å². The molecule has 1 N–H and O–H groups in total. The SMILES string of the molecule is COC(=O)c1c(NC(=O)COC(=O)c2cc(C)oc2C)sc2c1CCC2. The second-order valence-corrected chi connectivity index (χ2v) is 7.11. The standard InChI is InChI=1S/C18H19NO6S/c1-9-7-12(10(2)25-9)17(21)24-8-14(20)19-16-15(18(22)23-3)11-5-4-6-13(11)26-16/h7H,4-6,8H2,1-3H3,(H,19,20). The molecule has 0 radical (unpaired) electrons. The number of carbonyl (C=O) groups is 3. The Kier molecular flexibility index (Phi) is 5.13. The zero-order valence-electron chi connectivity index (χ0n) is 14.8. The van der Waals surface area contributed by atoms with Crippen molar-refractivity contribution in [2.24, 2.45) is 0 Å². The molecule has 0 spiro atoms. The Balaban J connectivity index is 1.66. The van der Waals surface area contributed by atoms with Crippen LogP contribution in [0.2, 0.25) is 0 Å². The van der Waals surface area contributed by atoms with E-state index < -0.39 is 24.5 Å². The highest BCUT2D eigenvalue weighted by atomic mass is 32.1. The normalized spacial score (nSPS) is 12.6. The predicted octanol–water partition coefficient (Wildman–Crippen LogP) is 3.03. The molecule has 138 valence electrons. The van der Waals surface area contributed by atoms with Gasteiger partial charge in [-0.25, -0.2) is 9.59 Å². The summed E-state index contributed by atoms with van der Waals surface area (Å²) in [4.78, 5) is 37.4. The fraction of sp³-hybridized carbons (Fsp3) is 0.389. The van der Waals surface area contributed by atoms with Crippen molar-refractivity contribution in [3.63, 3.8) is 0 Å². The first-order valence-corrected chi connectivity index (χ1v) is 8.99. The molecule has 1 amide bonds. The van der Waals surface area contributed by atoms with Crippen molar-refractivity contribution in [1.29, 1.82) is 0 Å². The van der Waals surface area contributed by atoms with Gasteiger partial charge in [-0.3, -0.25) is 4.79 Å². The summed E-state index contributed by atoms with van der Waals surface area (Å²) in [5, 5.41) is 3.10. The number of nitrogens with one attached hydrogen (secondary N) is 1. The molecular weight excluding hydrogens is 358 g/mol. The minimum atomic E-state index is -0.628. The van der Waals surface area contributed by atoms with Crippen LogP contribution in [0.1, 0.15) is 49.1 Å². The molecule has 7 nitrogen and oxygen atoms in total. The number of methoxy groups -OCH3 is 1. The number of carbonyl (C=O) groups excluding carboxylic acids is 3. The molecule has 1 aliphatic carbocycles. The lowest BCUT2D eigenvalue weighted by molar-refractivity contribution is -0.119. The Morgan fingerprint density at radius 2 is 2.00 bits per heavy atom. The third-order valence-electron chi connectivity index (χ3n) is 4.16. The number of hydrogen-bond acceptors (Lipinski definition) is 7. The van der Waals surface area contributed by atoms with E-state index in [4.69, 9.17) is 13.9 Å². The van der Waals surface area contributed by atoms with E-state index in [9.17, 15) is 14.4 Å². The summed E-state index contributed by atoms with van der Waals surface area (Å²) < 4.78 is 15.1. The van der Waals surface area contributed by atoms with Gasteiger partial charge >= 0.3 is 11.9 Å². The molecule has 0 bridgehead atoms. The van der Waals surface area contributed by atoms with Crippen molar-refractivity contribution in [3.8, 4) is 0 Å². The number of esters is 2. The molecule has 0 fully saturated rings. The molecule has 0 aliphatic heterocycles. The van der Waals surface area contributed by atoms with Crippen molar-refractivity contribution < 1.29 is 28.3 Å². The molecule has 8 heteroatoms. The molecule has 1 aliphatic rings. The van der Waals surface area contributed by atoms with E-state index in [1.54, 1.807) is 19.9 Å². The van der Waals surface area contributed by atoms with Crippen LogP contribution in [0.25, 0.3) is 0 Å². The molecule has 0 atom stereocenters. The van der Waals surface area contributed by atoms with E-state index in [2.05, 4.69) is 5.32 Å². The quantitative estimate of drug-likeness (QED) is 0.805. The van der Waals surface area contributed by atoms with Gasteiger partial charge in [-0.15, -0.1) is 11.3 Å². The van der Waals surface area contributed by atoms with Crippen LogP contribution in [0.5, 0.6) is 0 Å². The van der Waals surface area contributed by atoms with E-state index in [1.807, 2.05) is 0 Å². The molecule has 2 aromatic rings. The summed E-state index contributed by atoms with van der Waals surface area (Å²) in [6.07, 6.45) is 2.66. The van der Waals surface area contributed by atoms with Crippen molar-refractivity contribution in [1.82, 2.24) is 0 Å². The monoisotopic (exact) mass is 377 g/mol. The summed E-state index contributed by atoms with van der Waals surface area (Å²) in [6, 6.07) is 1.56. The maximum absolute atomic E-state index is 12.2. The van der Waals surface area contributed by atoms with Crippen LogP contribution in [0.15, 0.2) is 10.5 Å². The molecule has 0 saturated heterocycles. The van der Waals surface area contributed by atoms with Gasteiger partial charge in [-0.05, 0) is 44.7 Å². The molecular formula is C18H19NO6S. The first-order valence-electron chi connectivity index (χ1n) is 8.17. The number of amides is 1. The van der Waals surface area contributed by atoms with E-state index in [-0.39, 0.29) is 0 Å². The number of hydrogen-bond donors (Lipinski definition) is 1. The number of thiophene rings is 1. The summed E-state index contributed by atoms with van der Waals surface area (Å²) in [5.41, 5.74) is 1.64. The van der Waals surface area contributed by atoms with Crippen molar-refractivity contribution in [3.05, 3.63) is 39.2 Å². The minimum Gasteiger partial charge on any atom is -0.466 e. The largest absolute Gasteiger partial charge is 0.466 e. The van der Waals surface area contributed by atoms with Gasteiger partial charge in [0, 0.05) is 4.88 Å². The number of furan rings is 1. The summed E-state index contributed by atoms with van der Waals surface area (Å²) in [7, 11) is 1.31. The minimum absolute atomic E-state index is 0.292. The van der Waals surface area contributed by atoms with Gasteiger partial charge in [0.25, 0.3) is 5.91 Å². The molecule has 26 heavy (non-hydrogen) atoms. The molecule has 0 aromatic carbocycles. The second-order valence-electron chi connectivity index (χ2n) is 6.00. The lowest BCUT2D eigenvalue weighted by atomic mass is 10.1. The van der Waals surface area contributed by atoms with Gasteiger partial charge in [0.2, 0.25) is 0 Å². The molecule has 2 aromatic heterocycles. The van der Waals surface area contributed by atoms with Gasteiger partial charge in [0.05, 0.1) is 12.7 Å². The van der Waals surface area contributed by atoms with Crippen molar-refractivity contribution in [2.45, 2.75) is 33.1 Å². The van der Waals surface area contributed by atoms with Gasteiger partial charge < -0.3 is 19.2 Å². The number of rotatable bonds is 5. The van der Waals surface area contributed by atoms with Crippen LogP contribution in [-0.4, -0.2) is 31.6 Å². The highest BCUT2D eigenvalue weighted by Crippen LogP contribution is 2.39. The maximum Gasteiger partial charge on any atom is 0.342 e. The zero-order valence-corrected chi connectivity index (χ0v) is 15.6. The zero-order chi connectivity index (χ0) is 18.8. The lowest BCUT2D eigenvalue weighted by Crippen LogP contribution is -2.21. The van der Waals surface area contributed by atoms with Crippen molar-refractivity contribution >= 4 is 34.2 Å². The first-order chi connectivity index (χ1) is 12.4. The Morgan fingerprint density at radius 1 is 1.23 bits per heavy atom. The lowest BCUT2D eigenvalue weighted by Gasteiger charge is -2.07. The number of fused-ring (bicyclic) bond motifs is 1. The van der Waals surface area contributed by atoms with E-state index in [0.717, 1.165) is 29.7 Å². The topological polar surface area (TPSA) is 94.8 Å². The Hall–Kier alpha value is -2.61. The molecule has 3 rings (SSSR count). The average Bonchev–Trinajstić information content (AvgIpc) is 3.26. The van der Waals surface area contributed by atoms with Gasteiger partial charge in [-0.2, -0.15) is 0 Å². The summed E-state index contributed by atoms with van der Waals surface area (Å²) in [6.45, 7) is 2.92. The third kappa shape index (κ3) is 3.50. The fourth-order valence-corrected chi connectivity index (χ4v) is 4.31. The Morgan fingerprint density at radius 3 is 2.65 bits per heavy atom. The van der Waals surface area contributed by atoms with Crippen LogP contribution in [0.3, 0.4) is 0 Å². The Bertz CT molecular complexity index is 879. The van der Waals surface area contributed by atoms with E-state index in [0.29, 0.717) is 27.6 Å². The number of anilines is 1. The van der Waals surface area contributed by atoms with Gasteiger partial charge in [0.15, 0.2) is 6.61 Å². The summed E-state index contributed by atoms with van der Waals surface area (Å²) >= 11 is 1.37. The first kappa shape index (κ1) is 18.2. The van der Waals surface area contributed by atoms with E-state index >= 15 is 0 Å². The number of aryl methyl sites for hydroxylation is 3. The summed E-state index contributed by atoms with van der Waals surface area (Å²) in [5.74, 6) is -0.579. The molecule has 2 heterocycles. The van der Waals surface area contributed by atoms with Crippen LogP contribution in [0.4, 0.5) is 5.00 Å². The molecule has 0 saturated carbocycles.